The molecule has 0 aliphatic carbocycles. The molecular weight excluding hydrogens is 210 g/mol. The van der Waals surface area contributed by atoms with Gasteiger partial charge in [-0.25, -0.2) is 0 Å². The summed E-state index contributed by atoms with van der Waals surface area (Å²) in [6.07, 6.45) is 4.11. The van der Waals surface area contributed by atoms with Crippen molar-refractivity contribution in [3.05, 3.63) is 0 Å². The van der Waals surface area contributed by atoms with Gasteiger partial charge in [-0.15, -0.1) is 0 Å². The molecule has 0 saturated carbocycles. The van der Waals surface area contributed by atoms with Crippen LogP contribution in [0.4, 0.5) is 0 Å². The molecule has 0 aliphatic heterocycles. The Morgan fingerprint density at radius 1 is 1.12 bits per heavy atom. The van der Waals surface area contributed by atoms with Gasteiger partial charge in [-0.1, -0.05) is 12.8 Å². The van der Waals surface area contributed by atoms with Crippen LogP contribution in [0.1, 0.15) is 38.5 Å². The van der Waals surface area contributed by atoms with E-state index in [4.69, 9.17) is 9.84 Å². The smallest absolute Gasteiger partial charge is 0.303 e. The lowest BCUT2D eigenvalue weighted by molar-refractivity contribution is -0.137. The number of carboxylic acids is 1. The molecule has 0 aliphatic rings. The summed E-state index contributed by atoms with van der Waals surface area (Å²) in [5.74, 6) is -0.736. The molecule has 0 aromatic carbocycles. The number of carbonyl (C=O) groups excluding carboxylic acids is 1. The van der Waals surface area contributed by atoms with Crippen LogP contribution in [-0.2, 0) is 14.3 Å². The lowest BCUT2D eigenvalue weighted by atomic mass is 10.1. The number of ether oxygens (including phenoxy) is 1. The molecule has 0 aromatic rings. The SMILES string of the molecule is COCCC(=O)NCCCCCCC(=O)O. The molecule has 0 spiro atoms. The minimum atomic E-state index is -0.743. The first kappa shape index (κ1) is 14.9. The molecule has 0 aromatic heterocycles. The molecule has 1 amide bonds. The fourth-order valence-electron chi connectivity index (χ4n) is 1.27. The van der Waals surface area contributed by atoms with Crippen molar-refractivity contribution in [2.45, 2.75) is 38.5 Å². The van der Waals surface area contributed by atoms with Gasteiger partial charge in [-0.05, 0) is 12.8 Å². The number of nitrogens with one attached hydrogen (secondary N) is 1. The van der Waals surface area contributed by atoms with Crippen molar-refractivity contribution in [2.24, 2.45) is 0 Å². The summed E-state index contributed by atoms with van der Waals surface area (Å²) in [7, 11) is 1.57. The van der Waals surface area contributed by atoms with Gasteiger partial charge in [0.2, 0.25) is 5.91 Å². The fourth-order valence-corrected chi connectivity index (χ4v) is 1.27. The minimum Gasteiger partial charge on any atom is -0.481 e. The van der Waals surface area contributed by atoms with E-state index < -0.39 is 5.97 Å². The van der Waals surface area contributed by atoms with Crippen molar-refractivity contribution in [1.82, 2.24) is 5.32 Å². The number of amides is 1. The summed E-state index contributed by atoms with van der Waals surface area (Å²) in [5, 5.41) is 11.2. The second-order valence-electron chi connectivity index (χ2n) is 3.65. The summed E-state index contributed by atoms with van der Waals surface area (Å²) in [4.78, 5) is 21.3. The van der Waals surface area contributed by atoms with Gasteiger partial charge >= 0.3 is 5.97 Å². The summed E-state index contributed by atoms with van der Waals surface area (Å²) in [6.45, 7) is 1.11. The van der Waals surface area contributed by atoms with Crippen molar-refractivity contribution in [1.29, 1.82) is 0 Å². The van der Waals surface area contributed by atoms with E-state index in [1.165, 1.54) is 0 Å². The van der Waals surface area contributed by atoms with Crippen molar-refractivity contribution in [3.63, 3.8) is 0 Å². The van der Waals surface area contributed by atoms with Crippen LogP contribution in [0.25, 0.3) is 0 Å². The molecule has 0 heterocycles. The Kier molecular flexibility index (Phi) is 9.70. The van der Waals surface area contributed by atoms with E-state index in [9.17, 15) is 9.59 Å². The Morgan fingerprint density at radius 3 is 2.44 bits per heavy atom. The summed E-state index contributed by atoms with van der Waals surface area (Å²) in [6, 6.07) is 0. The Balaban J connectivity index is 3.14. The molecule has 0 bridgehead atoms. The molecule has 2 N–H and O–H groups in total. The van der Waals surface area contributed by atoms with E-state index >= 15 is 0 Å². The minimum absolute atomic E-state index is 0.00684. The largest absolute Gasteiger partial charge is 0.481 e. The second-order valence-corrected chi connectivity index (χ2v) is 3.65. The zero-order valence-corrected chi connectivity index (χ0v) is 9.83. The third-order valence-corrected chi connectivity index (χ3v) is 2.17. The van der Waals surface area contributed by atoms with Crippen LogP contribution < -0.4 is 5.32 Å². The van der Waals surface area contributed by atoms with Gasteiger partial charge in [0, 0.05) is 26.5 Å². The Hall–Kier alpha value is -1.10. The number of hydrogen-bond donors (Lipinski definition) is 2. The van der Waals surface area contributed by atoms with Crippen molar-refractivity contribution >= 4 is 11.9 Å². The molecule has 0 radical (unpaired) electrons. The predicted molar refractivity (Wildman–Crippen MR) is 60.2 cm³/mol. The maximum Gasteiger partial charge on any atom is 0.303 e. The zero-order valence-electron chi connectivity index (χ0n) is 9.83. The van der Waals surface area contributed by atoms with Crippen LogP contribution in [-0.4, -0.2) is 37.2 Å². The van der Waals surface area contributed by atoms with Gasteiger partial charge in [0.05, 0.1) is 6.61 Å². The summed E-state index contributed by atoms with van der Waals surface area (Å²) >= 11 is 0. The van der Waals surface area contributed by atoms with Crippen LogP contribution in [0, 0.1) is 0 Å². The number of hydrogen-bond acceptors (Lipinski definition) is 3. The van der Waals surface area contributed by atoms with E-state index in [2.05, 4.69) is 5.32 Å². The quantitative estimate of drug-likeness (QED) is 0.553. The lowest BCUT2D eigenvalue weighted by Gasteiger charge is -2.04. The van der Waals surface area contributed by atoms with E-state index in [0.29, 0.717) is 26.0 Å². The highest BCUT2D eigenvalue weighted by Crippen LogP contribution is 2.02. The molecule has 0 rings (SSSR count). The molecule has 0 saturated heterocycles. The standard InChI is InChI=1S/C11H21NO4/c1-16-9-7-10(13)12-8-5-3-2-4-6-11(14)15/h2-9H2,1H3,(H,12,13)(H,14,15). The van der Waals surface area contributed by atoms with Crippen molar-refractivity contribution in [2.75, 3.05) is 20.3 Å². The van der Waals surface area contributed by atoms with Gasteiger partial charge in [0.1, 0.15) is 0 Å². The molecule has 16 heavy (non-hydrogen) atoms. The Morgan fingerprint density at radius 2 is 1.81 bits per heavy atom. The first-order valence-corrected chi connectivity index (χ1v) is 5.64. The van der Waals surface area contributed by atoms with E-state index in [1.807, 2.05) is 0 Å². The molecule has 0 fully saturated rings. The highest BCUT2D eigenvalue weighted by molar-refractivity contribution is 5.75. The van der Waals surface area contributed by atoms with E-state index in [0.717, 1.165) is 19.3 Å². The van der Waals surface area contributed by atoms with Gasteiger partial charge in [-0.2, -0.15) is 0 Å². The first-order chi connectivity index (χ1) is 7.66. The van der Waals surface area contributed by atoms with E-state index in [-0.39, 0.29) is 12.3 Å². The molecule has 5 nitrogen and oxygen atoms in total. The zero-order chi connectivity index (χ0) is 12.2. The molecule has 5 heteroatoms. The van der Waals surface area contributed by atoms with Crippen LogP contribution in [0.3, 0.4) is 0 Å². The number of aliphatic carboxylic acids is 1. The predicted octanol–water partition coefficient (Wildman–Crippen LogP) is 1.17. The van der Waals surface area contributed by atoms with Gasteiger partial charge in [-0.3, -0.25) is 9.59 Å². The molecule has 0 unspecified atom stereocenters. The Bertz CT molecular complexity index is 206. The fraction of sp³-hybridized carbons (Fsp3) is 0.818. The van der Waals surface area contributed by atoms with Crippen LogP contribution >= 0.6 is 0 Å². The van der Waals surface area contributed by atoms with Gasteiger partial charge in [0.25, 0.3) is 0 Å². The third kappa shape index (κ3) is 11.0. The van der Waals surface area contributed by atoms with Crippen molar-refractivity contribution in [3.8, 4) is 0 Å². The van der Waals surface area contributed by atoms with Crippen LogP contribution in [0.5, 0.6) is 0 Å². The highest BCUT2D eigenvalue weighted by atomic mass is 16.5. The second kappa shape index (κ2) is 10.4. The average Bonchev–Trinajstić information content (AvgIpc) is 2.24. The first-order valence-electron chi connectivity index (χ1n) is 5.64. The number of methoxy groups -OCH3 is 1. The molecular formula is C11H21NO4. The summed E-state index contributed by atoms with van der Waals surface area (Å²) in [5.41, 5.74) is 0. The lowest BCUT2D eigenvalue weighted by Crippen LogP contribution is -2.25. The average molecular weight is 231 g/mol. The number of carboxylic acid groups (broad SMARTS) is 1. The number of unbranched alkanes of at least 4 members (excludes halogenated alkanes) is 3. The monoisotopic (exact) mass is 231 g/mol. The number of carbonyl (C=O) groups is 2. The van der Waals surface area contributed by atoms with Gasteiger partial charge < -0.3 is 15.2 Å². The third-order valence-electron chi connectivity index (χ3n) is 2.17. The highest BCUT2D eigenvalue weighted by Gasteiger charge is 1.99. The van der Waals surface area contributed by atoms with Crippen LogP contribution in [0.15, 0.2) is 0 Å². The molecule has 94 valence electrons. The van der Waals surface area contributed by atoms with Crippen molar-refractivity contribution < 1.29 is 19.4 Å². The Labute approximate surface area is 96.2 Å². The normalized spacial score (nSPS) is 10.1. The maximum atomic E-state index is 11.1. The topological polar surface area (TPSA) is 75.6 Å². The maximum absolute atomic E-state index is 11.1. The number of rotatable bonds is 10. The van der Waals surface area contributed by atoms with Gasteiger partial charge in [0.15, 0.2) is 0 Å². The van der Waals surface area contributed by atoms with E-state index in [1.54, 1.807) is 7.11 Å². The van der Waals surface area contributed by atoms with Crippen LogP contribution in [0.2, 0.25) is 0 Å². The molecule has 0 atom stereocenters. The summed E-state index contributed by atoms with van der Waals surface area (Å²) < 4.78 is 4.78.